The zero-order chi connectivity index (χ0) is 10.9. The molecule has 0 radical (unpaired) electrons. The van der Waals surface area contributed by atoms with Crippen molar-refractivity contribution in [3.63, 3.8) is 0 Å². The largest absolute Gasteiger partial charge is 0.330 e. The van der Waals surface area contributed by atoms with Gasteiger partial charge in [0.1, 0.15) is 0 Å². The fourth-order valence-electron chi connectivity index (χ4n) is 1.91. The van der Waals surface area contributed by atoms with Crippen molar-refractivity contribution in [1.82, 2.24) is 4.90 Å². The second-order valence-corrected chi connectivity index (χ2v) is 5.94. The van der Waals surface area contributed by atoms with Crippen molar-refractivity contribution >= 4 is 10.8 Å². The van der Waals surface area contributed by atoms with Gasteiger partial charge in [0.25, 0.3) is 0 Å². The van der Waals surface area contributed by atoms with E-state index in [-0.39, 0.29) is 0 Å². The van der Waals surface area contributed by atoms with Crippen molar-refractivity contribution in [2.75, 3.05) is 37.7 Å². The normalized spacial score (nSPS) is 19.5. The summed E-state index contributed by atoms with van der Waals surface area (Å²) in [6.45, 7) is 4.10. The Morgan fingerprint density at radius 2 is 1.60 bits per heavy atom. The average Bonchev–Trinajstić information content (AvgIpc) is 2.26. The third kappa shape index (κ3) is 6.28. The van der Waals surface area contributed by atoms with Gasteiger partial charge in [-0.25, -0.2) is 0 Å². The Bertz CT molecular complexity index is 177. The Morgan fingerprint density at radius 1 is 1.00 bits per heavy atom. The molecule has 0 spiro atoms. The number of hydrogen-bond acceptors (Lipinski definition) is 3. The number of nitrogens with zero attached hydrogens (tertiary/aromatic N) is 1. The van der Waals surface area contributed by atoms with Crippen LogP contribution in [0.1, 0.15) is 32.1 Å². The Kier molecular flexibility index (Phi) is 7.22. The average molecular weight is 232 g/mol. The quantitative estimate of drug-likeness (QED) is 0.665. The molecule has 0 aromatic rings. The first-order valence-electron chi connectivity index (χ1n) is 6.10. The van der Waals surface area contributed by atoms with Crippen LogP contribution in [0.15, 0.2) is 0 Å². The van der Waals surface area contributed by atoms with Crippen LogP contribution in [0.25, 0.3) is 0 Å². The molecule has 1 fully saturated rings. The molecule has 0 amide bonds. The highest BCUT2D eigenvalue weighted by molar-refractivity contribution is 7.85. The molecular weight excluding hydrogens is 208 g/mol. The molecule has 1 heterocycles. The SMILES string of the molecule is NCCCCCCCN1CCS(=O)CC1. The molecule has 0 saturated carbocycles. The zero-order valence-corrected chi connectivity index (χ0v) is 10.4. The Morgan fingerprint density at radius 3 is 2.27 bits per heavy atom. The summed E-state index contributed by atoms with van der Waals surface area (Å²) < 4.78 is 11.1. The predicted molar refractivity (Wildman–Crippen MR) is 66.5 cm³/mol. The summed E-state index contributed by atoms with van der Waals surface area (Å²) in [6, 6.07) is 0. The molecule has 15 heavy (non-hydrogen) atoms. The van der Waals surface area contributed by atoms with Crippen molar-refractivity contribution in [2.45, 2.75) is 32.1 Å². The summed E-state index contributed by atoms with van der Waals surface area (Å²) in [5.74, 6) is 1.76. The van der Waals surface area contributed by atoms with Gasteiger partial charge < -0.3 is 10.6 Å². The van der Waals surface area contributed by atoms with Crippen LogP contribution in [0.4, 0.5) is 0 Å². The van der Waals surface area contributed by atoms with Gasteiger partial charge in [0.2, 0.25) is 0 Å². The highest BCUT2D eigenvalue weighted by Gasteiger charge is 2.13. The Labute approximate surface area is 95.9 Å². The lowest BCUT2D eigenvalue weighted by atomic mass is 10.1. The Hall–Kier alpha value is 0.0700. The molecule has 3 nitrogen and oxygen atoms in total. The number of hydrogen-bond donors (Lipinski definition) is 1. The number of unbranched alkanes of at least 4 members (excludes halogenated alkanes) is 4. The minimum Gasteiger partial charge on any atom is -0.330 e. The first kappa shape index (κ1) is 13.1. The first-order valence-corrected chi connectivity index (χ1v) is 7.59. The van der Waals surface area contributed by atoms with Crippen LogP contribution in [0.2, 0.25) is 0 Å². The third-order valence-electron chi connectivity index (χ3n) is 2.95. The van der Waals surface area contributed by atoms with Crippen molar-refractivity contribution in [3.05, 3.63) is 0 Å². The fraction of sp³-hybridized carbons (Fsp3) is 1.00. The molecule has 0 atom stereocenters. The maximum Gasteiger partial charge on any atom is 0.0363 e. The van der Waals surface area contributed by atoms with E-state index < -0.39 is 10.8 Å². The molecular formula is C11H24N2OS. The molecule has 1 rings (SSSR count). The smallest absolute Gasteiger partial charge is 0.0363 e. The molecule has 0 aromatic carbocycles. The molecule has 0 aliphatic carbocycles. The second kappa shape index (κ2) is 8.25. The van der Waals surface area contributed by atoms with E-state index in [2.05, 4.69) is 4.90 Å². The topological polar surface area (TPSA) is 46.3 Å². The summed E-state index contributed by atoms with van der Waals surface area (Å²) in [7, 11) is -0.528. The molecule has 2 N–H and O–H groups in total. The summed E-state index contributed by atoms with van der Waals surface area (Å²) in [4.78, 5) is 2.45. The minimum absolute atomic E-state index is 0.528. The highest BCUT2D eigenvalue weighted by Crippen LogP contribution is 2.06. The van der Waals surface area contributed by atoms with E-state index in [1.54, 1.807) is 0 Å². The van der Waals surface area contributed by atoms with Crippen LogP contribution in [0.3, 0.4) is 0 Å². The van der Waals surface area contributed by atoms with Crippen LogP contribution >= 0.6 is 0 Å². The van der Waals surface area contributed by atoms with E-state index in [1.165, 1.54) is 38.6 Å². The highest BCUT2D eigenvalue weighted by atomic mass is 32.2. The lowest BCUT2D eigenvalue weighted by molar-refractivity contribution is 0.291. The molecule has 1 saturated heterocycles. The van der Waals surface area contributed by atoms with Gasteiger partial charge in [0.15, 0.2) is 0 Å². The Balaban J connectivity index is 1.89. The van der Waals surface area contributed by atoms with E-state index in [1.807, 2.05) is 0 Å². The van der Waals surface area contributed by atoms with Gasteiger partial charge in [0, 0.05) is 35.4 Å². The number of rotatable bonds is 7. The van der Waals surface area contributed by atoms with Gasteiger partial charge in [-0.15, -0.1) is 0 Å². The van der Waals surface area contributed by atoms with E-state index in [0.717, 1.165) is 31.1 Å². The van der Waals surface area contributed by atoms with E-state index in [9.17, 15) is 4.21 Å². The molecule has 90 valence electrons. The molecule has 0 unspecified atom stereocenters. The van der Waals surface area contributed by atoms with Gasteiger partial charge in [0.05, 0.1) is 0 Å². The fourth-order valence-corrected chi connectivity index (χ4v) is 3.04. The van der Waals surface area contributed by atoms with Crippen molar-refractivity contribution in [1.29, 1.82) is 0 Å². The third-order valence-corrected chi connectivity index (χ3v) is 4.22. The van der Waals surface area contributed by atoms with Crippen LogP contribution in [-0.4, -0.2) is 46.8 Å². The van der Waals surface area contributed by atoms with Gasteiger partial charge in [-0.1, -0.05) is 19.3 Å². The first-order chi connectivity index (χ1) is 7.33. The summed E-state index contributed by atoms with van der Waals surface area (Å²) >= 11 is 0. The lowest BCUT2D eigenvalue weighted by Gasteiger charge is -2.25. The molecule has 0 aromatic heterocycles. The molecule has 1 aliphatic rings. The van der Waals surface area contributed by atoms with Crippen LogP contribution in [0, 0.1) is 0 Å². The van der Waals surface area contributed by atoms with Gasteiger partial charge in [-0.05, 0) is 25.9 Å². The minimum atomic E-state index is -0.528. The maximum atomic E-state index is 11.1. The monoisotopic (exact) mass is 232 g/mol. The zero-order valence-electron chi connectivity index (χ0n) is 9.62. The van der Waals surface area contributed by atoms with Crippen molar-refractivity contribution in [3.8, 4) is 0 Å². The van der Waals surface area contributed by atoms with Crippen molar-refractivity contribution in [2.24, 2.45) is 5.73 Å². The van der Waals surface area contributed by atoms with E-state index in [0.29, 0.717) is 0 Å². The van der Waals surface area contributed by atoms with E-state index in [4.69, 9.17) is 5.73 Å². The standard InChI is InChI=1S/C11H24N2OS/c12-6-4-2-1-3-5-7-13-8-10-15(14)11-9-13/h1-12H2. The van der Waals surface area contributed by atoms with Crippen LogP contribution < -0.4 is 5.73 Å². The van der Waals surface area contributed by atoms with Gasteiger partial charge >= 0.3 is 0 Å². The predicted octanol–water partition coefficient (Wildman–Crippen LogP) is 0.960. The molecule has 1 aliphatic heterocycles. The van der Waals surface area contributed by atoms with Crippen LogP contribution in [-0.2, 0) is 10.8 Å². The van der Waals surface area contributed by atoms with E-state index >= 15 is 0 Å². The summed E-state index contributed by atoms with van der Waals surface area (Å²) in [5, 5.41) is 0. The molecule has 4 heteroatoms. The maximum absolute atomic E-state index is 11.1. The molecule has 0 bridgehead atoms. The summed E-state index contributed by atoms with van der Waals surface area (Å²) in [6.07, 6.45) is 6.37. The van der Waals surface area contributed by atoms with Crippen molar-refractivity contribution < 1.29 is 4.21 Å². The number of nitrogens with two attached hydrogens (primary N) is 1. The van der Waals surface area contributed by atoms with Crippen LogP contribution in [0.5, 0.6) is 0 Å². The van der Waals surface area contributed by atoms with Gasteiger partial charge in [-0.3, -0.25) is 4.21 Å². The lowest BCUT2D eigenvalue weighted by Crippen LogP contribution is -2.38. The second-order valence-electron chi connectivity index (χ2n) is 4.25. The van der Waals surface area contributed by atoms with Gasteiger partial charge in [-0.2, -0.15) is 0 Å². The summed E-state index contributed by atoms with van der Waals surface area (Å²) in [5.41, 5.74) is 5.44.